The molecule has 3 aliphatic heterocycles. The fourth-order valence-electron chi connectivity index (χ4n) is 4.86. The van der Waals surface area contributed by atoms with Gasteiger partial charge in [0.25, 0.3) is 5.91 Å². The predicted molar refractivity (Wildman–Crippen MR) is 125 cm³/mol. The van der Waals surface area contributed by atoms with Gasteiger partial charge in [-0.15, -0.1) is 0 Å². The number of benzene rings is 1. The Bertz CT molecular complexity index is 1020. The molecule has 0 aliphatic carbocycles. The molecular formula is C24H29ClN4O3. The number of hydrogen-bond donors (Lipinski definition) is 1. The summed E-state index contributed by atoms with van der Waals surface area (Å²) in [6, 6.07) is 5.51. The average molecular weight is 457 g/mol. The molecule has 1 aromatic rings. The summed E-state index contributed by atoms with van der Waals surface area (Å²) in [4.78, 5) is 45.8. The topological polar surface area (TPSA) is 82.1 Å². The quantitative estimate of drug-likeness (QED) is 0.738. The Labute approximate surface area is 193 Å². The molecule has 32 heavy (non-hydrogen) atoms. The Morgan fingerprint density at radius 3 is 2.47 bits per heavy atom. The summed E-state index contributed by atoms with van der Waals surface area (Å²) in [5, 5.41) is 3.55. The third-order valence-electron chi connectivity index (χ3n) is 6.79. The van der Waals surface area contributed by atoms with E-state index >= 15 is 0 Å². The lowest BCUT2D eigenvalue weighted by Gasteiger charge is -2.24. The molecular weight excluding hydrogens is 428 g/mol. The largest absolute Gasteiger partial charge is 0.338 e. The van der Waals surface area contributed by atoms with Crippen molar-refractivity contribution in [3.8, 4) is 0 Å². The molecule has 0 saturated carbocycles. The van der Waals surface area contributed by atoms with Gasteiger partial charge in [-0.2, -0.15) is 0 Å². The lowest BCUT2D eigenvalue weighted by atomic mass is 9.98. The molecule has 4 rings (SSSR count). The summed E-state index contributed by atoms with van der Waals surface area (Å²) in [5.74, 6) is 0.619. The summed E-state index contributed by atoms with van der Waals surface area (Å²) in [7, 11) is 0. The van der Waals surface area contributed by atoms with Crippen LogP contribution in [-0.2, 0) is 14.4 Å². The van der Waals surface area contributed by atoms with E-state index in [0.717, 1.165) is 18.7 Å². The van der Waals surface area contributed by atoms with Gasteiger partial charge in [-0.05, 0) is 50.3 Å². The van der Waals surface area contributed by atoms with Crippen LogP contribution in [0.1, 0.15) is 25.8 Å². The van der Waals surface area contributed by atoms with Gasteiger partial charge in [0, 0.05) is 61.1 Å². The van der Waals surface area contributed by atoms with E-state index < -0.39 is 0 Å². The van der Waals surface area contributed by atoms with Crippen LogP contribution in [0.4, 0.5) is 5.69 Å². The van der Waals surface area contributed by atoms with Crippen LogP contribution >= 0.6 is 11.6 Å². The molecule has 3 aliphatic rings. The number of halogens is 1. The molecule has 2 amide bonds. The standard InChI is InChI=1S/C24H29ClN4O3/c1-14-4-5-19(8-20(14)25)27-22(31)6-7-28-10-17-12-29(13-18(17)11-28)24(32)23-15(2)21(30)9-26-16(23)3/h4-5,8,17-18H,6-7,9-13H2,1-3H3,(H,27,31). The third-order valence-corrected chi connectivity index (χ3v) is 7.20. The zero-order valence-electron chi connectivity index (χ0n) is 18.8. The molecule has 2 fully saturated rings. The minimum Gasteiger partial charge on any atom is -0.338 e. The molecule has 2 atom stereocenters. The fraction of sp³-hybridized carbons (Fsp3) is 0.500. The second kappa shape index (κ2) is 9.16. The predicted octanol–water partition coefficient (Wildman–Crippen LogP) is 2.73. The van der Waals surface area contributed by atoms with Crippen molar-refractivity contribution in [1.29, 1.82) is 0 Å². The van der Waals surface area contributed by atoms with Crippen LogP contribution in [0.25, 0.3) is 0 Å². The van der Waals surface area contributed by atoms with E-state index in [0.29, 0.717) is 65.5 Å². The summed E-state index contributed by atoms with van der Waals surface area (Å²) in [6.07, 6.45) is 0.414. The molecule has 0 radical (unpaired) electrons. The number of aliphatic imine (C=N–C) groups is 1. The first-order valence-electron chi connectivity index (χ1n) is 11.1. The van der Waals surface area contributed by atoms with E-state index in [-0.39, 0.29) is 24.1 Å². The van der Waals surface area contributed by atoms with E-state index in [1.54, 1.807) is 19.9 Å². The Morgan fingerprint density at radius 1 is 1.12 bits per heavy atom. The number of fused-ring (bicyclic) bond motifs is 1. The number of Topliss-reactive ketones (excluding diaryl/α,β-unsaturated/α-hetero) is 1. The van der Waals surface area contributed by atoms with Crippen LogP contribution in [-0.4, -0.2) is 72.4 Å². The first kappa shape index (κ1) is 22.7. The Morgan fingerprint density at radius 2 is 1.81 bits per heavy atom. The molecule has 170 valence electrons. The molecule has 1 N–H and O–H groups in total. The number of carbonyl (C=O) groups excluding carboxylic acids is 3. The van der Waals surface area contributed by atoms with Crippen molar-refractivity contribution < 1.29 is 14.4 Å². The van der Waals surface area contributed by atoms with Gasteiger partial charge in [0.2, 0.25) is 5.91 Å². The second-order valence-electron chi connectivity index (χ2n) is 9.08. The van der Waals surface area contributed by atoms with Crippen molar-refractivity contribution in [2.45, 2.75) is 27.2 Å². The number of likely N-dealkylation sites (tertiary alicyclic amines) is 2. The van der Waals surface area contributed by atoms with Crippen molar-refractivity contribution >= 4 is 40.6 Å². The minimum absolute atomic E-state index is 0.0297. The van der Waals surface area contributed by atoms with E-state index in [9.17, 15) is 14.4 Å². The highest BCUT2D eigenvalue weighted by Gasteiger charge is 2.42. The van der Waals surface area contributed by atoms with Gasteiger partial charge in [0.05, 0.1) is 5.57 Å². The van der Waals surface area contributed by atoms with Gasteiger partial charge in [-0.25, -0.2) is 0 Å². The smallest absolute Gasteiger partial charge is 0.256 e. The lowest BCUT2D eigenvalue weighted by Crippen LogP contribution is -2.37. The van der Waals surface area contributed by atoms with Gasteiger partial charge < -0.3 is 15.1 Å². The number of nitrogens with one attached hydrogen (secondary N) is 1. The molecule has 7 nitrogen and oxygen atoms in total. The van der Waals surface area contributed by atoms with Crippen LogP contribution < -0.4 is 5.32 Å². The fourth-order valence-corrected chi connectivity index (χ4v) is 5.05. The summed E-state index contributed by atoms with van der Waals surface area (Å²) in [6.45, 7) is 9.41. The van der Waals surface area contributed by atoms with E-state index in [1.165, 1.54) is 0 Å². The summed E-state index contributed by atoms with van der Waals surface area (Å²) in [5.41, 5.74) is 3.35. The lowest BCUT2D eigenvalue weighted by molar-refractivity contribution is -0.126. The zero-order chi connectivity index (χ0) is 23.0. The number of anilines is 1. The summed E-state index contributed by atoms with van der Waals surface area (Å²) < 4.78 is 0. The molecule has 8 heteroatoms. The van der Waals surface area contributed by atoms with Crippen LogP contribution in [0.15, 0.2) is 34.3 Å². The normalized spacial score (nSPS) is 23.4. The summed E-state index contributed by atoms with van der Waals surface area (Å²) >= 11 is 6.13. The molecule has 2 unspecified atom stereocenters. The molecule has 0 bridgehead atoms. The first-order chi connectivity index (χ1) is 15.2. The number of nitrogens with zero attached hydrogens (tertiary/aromatic N) is 3. The van der Waals surface area contributed by atoms with Crippen LogP contribution in [0.2, 0.25) is 5.02 Å². The Kier molecular flexibility index (Phi) is 6.49. The number of ketones is 1. The SMILES string of the molecule is CC1=NCC(=O)C(C)=C1C(=O)N1CC2CN(CCC(=O)Nc3ccc(C)c(Cl)c3)CC2C1. The minimum atomic E-state index is -0.0751. The maximum Gasteiger partial charge on any atom is 0.256 e. The number of amides is 2. The zero-order valence-corrected chi connectivity index (χ0v) is 19.5. The van der Waals surface area contributed by atoms with Gasteiger partial charge in [-0.1, -0.05) is 17.7 Å². The maximum absolute atomic E-state index is 13.1. The number of aryl methyl sites for hydroxylation is 1. The van der Waals surface area contributed by atoms with E-state index in [4.69, 9.17) is 11.6 Å². The Hall–Kier alpha value is -2.51. The van der Waals surface area contributed by atoms with Gasteiger partial charge in [0.15, 0.2) is 5.78 Å². The highest BCUT2D eigenvalue weighted by atomic mass is 35.5. The highest BCUT2D eigenvalue weighted by molar-refractivity contribution is 6.31. The van der Waals surface area contributed by atoms with Gasteiger partial charge in [0.1, 0.15) is 6.54 Å². The molecule has 3 heterocycles. The number of rotatable bonds is 5. The van der Waals surface area contributed by atoms with Crippen LogP contribution in [0.5, 0.6) is 0 Å². The Balaban J connectivity index is 1.27. The van der Waals surface area contributed by atoms with Crippen molar-refractivity contribution in [3.63, 3.8) is 0 Å². The van der Waals surface area contributed by atoms with Crippen molar-refractivity contribution in [1.82, 2.24) is 9.80 Å². The highest BCUT2D eigenvalue weighted by Crippen LogP contribution is 2.32. The third kappa shape index (κ3) is 4.64. The second-order valence-corrected chi connectivity index (χ2v) is 9.48. The van der Waals surface area contributed by atoms with Crippen molar-refractivity contribution in [2.24, 2.45) is 16.8 Å². The van der Waals surface area contributed by atoms with Gasteiger partial charge in [-0.3, -0.25) is 19.4 Å². The molecule has 0 aromatic heterocycles. The molecule has 2 saturated heterocycles. The monoisotopic (exact) mass is 456 g/mol. The molecule has 1 aromatic carbocycles. The van der Waals surface area contributed by atoms with E-state index in [1.807, 2.05) is 24.0 Å². The van der Waals surface area contributed by atoms with E-state index in [2.05, 4.69) is 15.2 Å². The first-order valence-corrected chi connectivity index (χ1v) is 11.4. The number of hydrogen-bond acceptors (Lipinski definition) is 5. The number of dihydropyridines is 1. The van der Waals surface area contributed by atoms with Crippen LogP contribution in [0, 0.1) is 18.8 Å². The van der Waals surface area contributed by atoms with Gasteiger partial charge >= 0.3 is 0 Å². The average Bonchev–Trinajstić information content (AvgIpc) is 3.31. The van der Waals surface area contributed by atoms with Crippen LogP contribution in [0.3, 0.4) is 0 Å². The van der Waals surface area contributed by atoms with Crippen molar-refractivity contribution in [2.75, 3.05) is 44.6 Å². The van der Waals surface area contributed by atoms with Crippen molar-refractivity contribution in [3.05, 3.63) is 39.9 Å². The maximum atomic E-state index is 13.1. The molecule has 0 spiro atoms. The number of carbonyl (C=O) groups is 3.